The Hall–Kier alpha value is -0.660. The smallest absolute Gasteiger partial charge is 0.231 e. The molecule has 1 amide bonds. The molecule has 1 aliphatic heterocycles. The highest BCUT2D eigenvalue weighted by Gasteiger charge is 2.38. The van der Waals surface area contributed by atoms with Crippen molar-refractivity contribution in [3.05, 3.63) is 0 Å². The Morgan fingerprint density at radius 1 is 0.824 bits per heavy atom. The number of nitrogens with zero attached hydrogens (tertiary/aromatic N) is 2. The first kappa shape index (κ1) is 31.4. The van der Waals surface area contributed by atoms with Crippen LogP contribution in [0.15, 0.2) is 0 Å². The lowest BCUT2D eigenvalue weighted by Gasteiger charge is -2.45. The van der Waals surface area contributed by atoms with Gasteiger partial charge in [0.15, 0.2) is 0 Å². The van der Waals surface area contributed by atoms with E-state index in [1.165, 1.54) is 70.6 Å². The highest BCUT2D eigenvalue weighted by atomic mass is 32.2. The molecule has 34 heavy (non-hydrogen) atoms. The van der Waals surface area contributed by atoms with E-state index >= 15 is 0 Å². The van der Waals surface area contributed by atoms with Crippen molar-refractivity contribution in [1.82, 2.24) is 4.90 Å². The molecule has 0 spiro atoms. The molecule has 0 unspecified atom stereocenters. The number of piperidine rings is 1. The van der Waals surface area contributed by atoms with Crippen molar-refractivity contribution in [1.29, 1.82) is 0 Å². The molecule has 1 fully saturated rings. The van der Waals surface area contributed by atoms with Gasteiger partial charge in [0.05, 0.1) is 42.2 Å². The third-order valence-electron chi connectivity index (χ3n) is 7.73. The van der Waals surface area contributed by atoms with E-state index in [4.69, 9.17) is 0 Å². The lowest BCUT2D eigenvalue weighted by atomic mass is 9.93. The summed E-state index contributed by atoms with van der Waals surface area (Å²) in [5, 5.41) is 0. The summed E-state index contributed by atoms with van der Waals surface area (Å²) in [6.07, 6.45) is 18.1. The van der Waals surface area contributed by atoms with Gasteiger partial charge in [0.2, 0.25) is 5.91 Å². The average Bonchev–Trinajstić information content (AvgIpc) is 2.80. The fourth-order valence-corrected chi connectivity index (χ4v) is 6.18. The molecular formula is C27H54N2O4S. The number of unbranched alkanes of at least 4 members (excludes halogenated alkanes) is 11. The third-order valence-corrected chi connectivity index (χ3v) is 8.52. The fraction of sp³-hybridized carbons (Fsp3) is 0.963. The molecule has 1 saturated heterocycles. The number of hydrogen-bond donors (Lipinski definition) is 0. The lowest BCUT2D eigenvalue weighted by Crippen LogP contribution is -2.58. The van der Waals surface area contributed by atoms with E-state index in [1.54, 1.807) is 0 Å². The molecule has 0 aromatic heterocycles. The first-order valence-corrected chi connectivity index (χ1v) is 15.9. The number of carbonyl (C=O) groups excluding carboxylic acids is 1. The van der Waals surface area contributed by atoms with E-state index in [0.717, 1.165) is 56.5 Å². The summed E-state index contributed by atoms with van der Waals surface area (Å²) in [6.45, 7) is 11.3. The van der Waals surface area contributed by atoms with Crippen molar-refractivity contribution in [2.24, 2.45) is 5.92 Å². The van der Waals surface area contributed by atoms with Crippen LogP contribution in [0.2, 0.25) is 0 Å². The van der Waals surface area contributed by atoms with E-state index in [-0.39, 0.29) is 17.6 Å². The van der Waals surface area contributed by atoms with Gasteiger partial charge in [0.1, 0.15) is 0 Å². The number of rotatable bonds is 20. The Kier molecular flexibility index (Phi) is 16.3. The largest absolute Gasteiger partial charge is 0.748 e. The molecule has 0 N–H and O–H groups in total. The maximum Gasteiger partial charge on any atom is 0.231 e. The molecule has 0 aliphatic carbocycles. The first-order valence-electron chi connectivity index (χ1n) is 14.3. The second kappa shape index (κ2) is 17.7. The van der Waals surface area contributed by atoms with Crippen LogP contribution >= 0.6 is 0 Å². The molecule has 1 heterocycles. The summed E-state index contributed by atoms with van der Waals surface area (Å²) in [5.74, 6) is -0.0201. The molecule has 0 saturated carbocycles. The van der Waals surface area contributed by atoms with Crippen LogP contribution in [0.4, 0.5) is 0 Å². The van der Waals surface area contributed by atoms with Gasteiger partial charge in [0.25, 0.3) is 0 Å². The number of likely N-dealkylation sites (tertiary alicyclic amines) is 1. The molecule has 0 radical (unpaired) electrons. The van der Waals surface area contributed by atoms with Crippen LogP contribution in [0.3, 0.4) is 0 Å². The summed E-state index contributed by atoms with van der Waals surface area (Å²) < 4.78 is 34.3. The second-order valence-electron chi connectivity index (χ2n) is 10.5. The van der Waals surface area contributed by atoms with Crippen LogP contribution in [0.5, 0.6) is 0 Å². The van der Waals surface area contributed by atoms with E-state index in [1.807, 2.05) is 18.7 Å². The summed E-state index contributed by atoms with van der Waals surface area (Å²) in [4.78, 5) is 15.0. The average molecular weight is 503 g/mol. The molecule has 0 aromatic rings. The van der Waals surface area contributed by atoms with Crippen LogP contribution in [0, 0.1) is 5.92 Å². The van der Waals surface area contributed by atoms with Crippen molar-refractivity contribution in [3.63, 3.8) is 0 Å². The fourth-order valence-electron chi connectivity index (χ4n) is 5.70. The van der Waals surface area contributed by atoms with Gasteiger partial charge in [-0.05, 0) is 39.5 Å². The highest BCUT2D eigenvalue weighted by molar-refractivity contribution is 7.85. The molecule has 1 aliphatic rings. The van der Waals surface area contributed by atoms with Gasteiger partial charge in [-0.3, -0.25) is 4.79 Å². The van der Waals surface area contributed by atoms with E-state index < -0.39 is 10.1 Å². The Labute approximate surface area is 211 Å². The summed E-state index contributed by atoms with van der Waals surface area (Å²) in [6, 6.07) is 0. The van der Waals surface area contributed by atoms with Crippen LogP contribution in [-0.4, -0.2) is 73.3 Å². The summed E-state index contributed by atoms with van der Waals surface area (Å²) >= 11 is 0. The monoisotopic (exact) mass is 502 g/mol. The molecule has 6 nitrogen and oxygen atoms in total. The zero-order valence-electron chi connectivity index (χ0n) is 22.6. The van der Waals surface area contributed by atoms with E-state index in [9.17, 15) is 17.8 Å². The molecular weight excluding hydrogens is 448 g/mol. The first-order chi connectivity index (χ1) is 16.3. The Bertz CT molecular complexity index is 637. The normalized spacial score (nSPS) is 21.0. The Morgan fingerprint density at radius 3 is 1.82 bits per heavy atom. The van der Waals surface area contributed by atoms with Crippen LogP contribution in [0.1, 0.15) is 117 Å². The van der Waals surface area contributed by atoms with Crippen LogP contribution in [0.25, 0.3) is 0 Å². The number of amides is 1. The summed E-state index contributed by atoms with van der Waals surface area (Å²) in [5.41, 5.74) is 0. The van der Waals surface area contributed by atoms with Crippen LogP contribution in [-0.2, 0) is 14.9 Å². The zero-order chi connectivity index (χ0) is 25.3. The zero-order valence-corrected chi connectivity index (χ0v) is 23.4. The van der Waals surface area contributed by atoms with Gasteiger partial charge in [-0.15, -0.1) is 0 Å². The quantitative estimate of drug-likeness (QED) is 0.121. The van der Waals surface area contributed by atoms with Crippen molar-refractivity contribution in [2.75, 3.05) is 45.0 Å². The van der Waals surface area contributed by atoms with Crippen molar-refractivity contribution in [3.8, 4) is 0 Å². The Balaban J connectivity index is 2.46. The molecule has 2 atom stereocenters. The van der Waals surface area contributed by atoms with Crippen molar-refractivity contribution < 1.29 is 22.2 Å². The molecule has 0 aromatic carbocycles. The predicted octanol–water partition coefficient (Wildman–Crippen LogP) is 5.72. The maximum absolute atomic E-state index is 13.0. The van der Waals surface area contributed by atoms with E-state index in [2.05, 4.69) is 6.92 Å². The molecule has 1 rings (SSSR count). The number of carbonyl (C=O) groups is 1. The minimum absolute atomic E-state index is 0.0230. The van der Waals surface area contributed by atoms with Crippen LogP contribution < -0.4 is 0 Å². The van der Waals surface area contributed by atoms with Gasteiger partial charge in [0, 0.05) is 25.3 Å². The number of hydrogen-bond acceptors (Lipinski definition) is 4. The third kappa shape index (κ3) is 13.4. The standard InChI is InChI=1S/C27H54N2O4S/c1-4-7-8-9-10-11-12-13-14-15-16-17-21-29(23-19-24-34(31,32)33)22-18-20-26(25-29)27(30)28(5-2)6-3/h26H,4-25H2,1-3H3/t26-,29+/m0/s1. The Morgan fingerprint density at radius 2 is 1.32 bits per heavy atom. The minimum atomic E-state index is -4.19. The topological polar surface area (TPSA) is 77.5 Å². The predicted molar refractivity (Wildman–Crippen MR) is 141 cm³/mol. The molecule has 0 bridgehead atoms. The van der Waals surface area contributed by atoms with E-state index in [0.29, 0.717) is 13.0 Å². The number of quaternary nitrogens is 1. The minimum Gasteiger partial charge on any atom is -0.748 e. The summed E-state index contributed by atoms with van der Waals surface area (Å²) in [7, 11) is -4.19. The van der Waals surface area contributed by atoms with Gasteiger partial charge < -0.3 is 13.9 Å². The second-order valence-corrected chi connectivity index (χ2v) is 12.1. The SMILES string of the molecule is CCCCCCCCCCCCCC[N@+]1(CCCS(=O)(=O)[O-])CCC[C@H](C(=O)N(CC)CC)C1. The molecule has 7 heteroatoms. The van der Waals surface area contributed by atoms with Crippen molar-refractivity contribution in [2.45, 2.75) is 117 Å². The van der Waals surface area contributed by atoms with Gasteiger partial charge >= 0.3 is 0 Å². The van der Waals surface area contributed by atoms with Gasteiger partial charge in [-0.25, -0.2) is 8.42 Å². The van der Waals surface area contributed by atoms with Crippen molar-refractivity contribution >= 4 is 16.0 Å². The maximum atomic E-state index is 13.0. The highest BCUT2D eigenvalue weighted by Crippen LogP contribution is 2.27. The van der Waals surface area contributed by atoms with Gasteiger partial charge in [-0.1, -0.05) is 71.1 Å². The van der Waals surface area contributed by atoms with Gasteiger partial charge in [-0.2, -0.15) is 0 Å². The lowest BCUT2D eigenvalue weighted by molar-refractivity contribution is -0.935. The molecule has 202 valence electrons.